The molecule has 1 N–H and O–H groups in total. The molecule has 2 unspecified atom stereocenters. The van der Waals surface area contributed by atoms with E-state index in [0.29, 0.717) is 36.4 Å². The predicted octanol–water partition coefficient (Wildman–Crippen LogP) is 3.76. The number of halogens is 1. The summed E-state index contributed by atoms with van der Waals surface area (Å²) in [6.07, 6.45) is 4.71. The van der Waals surface area contributed by atoms with Gasteiger partial charge in [-0.15, -0.1) is 13.2 Å². The van der Waals surface area contributed by atoms with Crippen molar-refractivity contribution in [3.05, 3.63) is 54.6 Å². The van der Waals surface area contributed by atoms with Gasteiger partial charge in [0.1, 0.15) is 11.6 Å². The largest absolute Gasteiger partial charge is 0.465 e. The second kappa shape index (κ2) is 11.6. The smallest absolute Gasteiger partial charge is 0.312 e. The highest BCUT2D eigenvalue weighted by Gasteiger charge is 2.75. The summed E-state index contributed by atoms with van der Waals surface area (Å²) in [7, 11) is 0. The maximum absolute atomic E-state index is 14.5. The van der Waals surface area contributed by atoms with Crippen LogP contribution in [0.25, 0.3) is 0 Å². The van der Waals surface area contributed by atoms with Gasteiger partial charge >= 0.3 is 5.97 Å². The van der Waals surface area contributed by atoms with Crippen LogP contribution >= 0.6 is 11.6 Å². The zero-order chi connectivity index (χ0) is 27.6. The number of anilines is 1. The quantitative estimate of drug-likeness (QED) is 0.244. The Hall–Kier alpha value is -2.68. The standard InChI is InChI=1S/C29H37ClN2O6/c1-5-7-15-37-28(36)23-22-12-13-29(38-22)24(23)26(34)32(19(17-33)16-18(3)4)25(29)27(35)31(14-6-2)21-11-9-8-10-20(21)30/h5-6,8-11,18-19,22-25,33H,1-2,7,12-17H2,3-4H3/t19-,22+,23-,24+,25?,29?/m1/s1. The van der Waals surface area contributed by atoms with Gasteiger partial charge in [0.15, 0.2) is 0 Å². The van der Waals surface area contributed by atoms with Crippen molar-refractivity contribution >= 4 is 35.1 Å². The molecule has 3 heterocycles. The molecule has 0 saturated carbocycles. The number of rotatable bonds is 12. The molecule has 0 aromatic heterocycles. The highest BCUT2D eigenvalue weighted by molar-refractivity contribution is 6.34. The molecule has 3 aliphatic rings. The van der Waals surface area contributed by atoms with Gasteiger partial charge < -0.3 is 24.4 Å². The van der Waals surface area contributed by atoms with Crippen molar-refractivity contribution in [2.45, 2.75) is 63.3 Å². The highest BCUT2D eigenvalue weighted by atomic mass is 35.5. The highest BCUT2D eigenvalue weighted by Crippen LogP contribution is 2.59. The van der Waals surface area contributed by atoms with Crippen molar-refractivity contribution in [2.75, 3.05) is 24.7 Å². The molecule has 0 aliphatic carbocycles. The number of hydrogen-bond acceptors (Lipinski definition) is 6. The number of para-hydroxylation sites is 1. The number of hydrogen-bond donors (Lipinski definition) is 1. The molecule has 6 atom stereocenters. The molecule has 8 nitrogen and oxygen atoms in total. The molecule has 3 aliphatic heterocycles. The second-order valence-electron chi connectivity index (χ2n) is 10.7. The van der Waals surface area contributed by atoms with E-state index in [9.17, 15) is 19.5 Å². The fourth-order valence-electron chi connectivity index (χ4n) is 6.45. The lowest BCUT2D eigenvalue weighted by molar-refractivity contribution is -0.155. The van der Waals surface area contributed by atoms with E-state index in [0.717, 1.165) is 0 Å². The van der Waals surface area contributed by atoms with Crippen LogP contribution in [0.15, 0.2) is 49.6 Å². The Morgan fingerprint density at radius 1 is 1.32 bits per heavy atom. The lowest BCUT2D eigenvalue weighted by Crippen LogP contribution is -2.59. The Balaban J connectivity index is 1.79. The molecular weight excluding hydrogens is 508 g/mol. The van der Waals surface area contributed by atoms with Gasteiger partial charge in [-0.1, -0.05) is 49.7 Å². The fraction of sp³-hybridized carbons (Fsp3) is 0.552. The van der Waals surface area contributed by atoms with Crippen LogP contribution in [0.3, 0.4) is 0 Å². The Labute approximate surface area is 229 Å². The van der Waals surface area contributed by atoms with E-state index in [-0.39, 0.29) is 37.5 Å². The third-order valence-electron chi connectivity index (χ3n) is 7.88. The van der Waals surface area contributed by atoms with Crippen molar-refractivity contribution in [1.29, 1.82) is 0 Å². The zero-order valence-corrected chi connectivity index (χ0v) is 22.8. The molecule has 9 heteroatoms. The number of esters is 1. The van der Waals surface area contributed by atoms with Gasteiger partial charge in [-0.3, -0.25) is 14.4 Å². The Morgan fingerprint density at radius 3 is 2.68 bits per heavy atom. The average Bonchev–Trinajstić information content (AvgIpc) is 3.53. The van der Waals surface area contributed by atoms with Crippen molar-refractivity contribution in [2.24, 2.45) is 17.8 Å². The summed E-state index contributed by atoms with van der Waals surface area (Å²) in [5.74, 6) is -2.76. The van der Waals surface area contributed by atoms with Gasteiger partial charge in [0.25, 0.3) is 5.91 Å². The zero-order valence-electron chi connectivity index (χ0n) is 22.1. The van der Waals surface area contributed by atoms with Crippen molar-refractivity contribution < 1.29 is 29.0 Å². The summed E-state index contributed by atoms with van der Waals surface area (Å²) < 4.78 is 12.0. The lowest BCUT2D eigenvalue weighted by Gasteiger charge is -2.39. The van der Waals surface area contributed by atoms with Gasteiger partial charge in [-0.2, -0.15) is 0 Å². The molecule has 38 heavy (non-hydrogen) atoms. The number of benzene rings is 1. The van der Waals surface area contributed by atoms with Crippen LogP contribution in [-0.4, -0.2) is 71.3 Å². The summed E-state index contributed by atoms with van der Waals surface area (Å²) in [6.45, 7) is 11.5. The van der Waals surface area contributed by atoms with Crippen LogP contribution in [0.4, 0.5) is 5.69 Å². The monoisotopic (exact) mass is 544 g/mol. The molecular formula is C29H37ClN2O6. The van der Waals surface area contributed by atoms with Crippen molar-refractivity contribution in [3.63, 3.8) is 0 Å². The molecule has 1 aromatic carbocycles. The Morgan fingerprint density at radius 2 is 2.05 bits per heavy atom. The average molecular weight is 545 g/mol. The molecule has 2 bridgehead atoms. The number of amides is 2. The molecule has 206 valence electrons. The molecule has 3 fully saturated rings. The van der Waals surface area contributed by atoms with E-state index >= 15 is 0 Å². The summed E-state index contributed by atoms with van der Waals surface area (Å²) in [4.78, 5) is 44.9. The third kappa shape index (κ3) is 4.78. The summed E-state index contributed by atoms with van der Waals surface area (Å²) >= 11 is 6.49. The van der Waals surface area contributed by atoms with E-state index < -0.39 is 41.6 Å². The fourth-order valence-corrected chi connectivity index (χ4v) is 6.68. The molecule has 3 saturated heterocycles. The van der Waals surface area contributed by atoms with E-state index in [1.807, 2.05) is 13.8 Å². The van der Waals surface area contributed by atoms with E-state index in [2.05, 4.69) is 13.2 Å². The van der Waals surface area contributed by atoms with Gasteiger partial charge in [-0.25, -0.2) is 0 Å². The number of ether oxygens (including phenoxy) is 2. The van der Waals surface area contributed by atoms with Crippen LogP contribution in [0, 0.1) is 17.8 Å². The Bertz CT molecular complexity index is 1090. The van der Waals surface area contributed by atoms with Crippen LogP contribution in [0.2, 0.25) is 5.02 Å². The van der Waals surface area contributed by atoms with Crippen LogP contribution in [-0.2, 0) is 23.9 Å². The molecule has 1 aromatic rings. The number of carbonyl (C=O) groups is 3. The summed E-state index contributed by atoms with van der Waals surface area (Å²) in [6, 6.07) is 5.34. The number of fused-ring (bicyclic) bond motifs is 1. The van der Waals surface area contributed by atoms with Crippen LogP contribution < -0.4 is 4.90 Å². The molecule has 0 radical (unpaired) electrons. The number of aliphatic hydroxyl groups excluding tert-OH is 1. The maximum atomic E-state index is 14.5. The van der Waals surface area contributed by atoms with Crippen LogP contribution in [0.1, 0.15) is 39.5 Å². The van der Waals surface area contributed by atoms with Gasteiger partial charge in [0.2, 0.25) is 5.91 Å². The van der Waals surface area contributed by atoms with Crippen molar-refractivity contribution in [3.8, 4) is 0 Å². The molecule has 4 rings (SSSR count). The Kier molecular flexibility index (Phi) is 8.65. The van der Waals surface area contributed by atoms with Gasteiger partial charge in [-0.05, 0) is 43.7 Å². The van der Waals surface area contributed by atoms with E-state index in [1.165, 1.54) is 9.80 Å². The third-order valence-corrected chi connectivity index (χ3v) is 8.20. The van der Waals surface area contributed by atoms with Crippen molar-refractivity contribution in [1.82, 2.24) is 4.90 Å². The number of likely N-dealkylation sites (tertiary alicyclic amines) is 1. The van der Waals surface area contributed by atoms with Crippen LogP contribution in [0.5, 0.6) is 0 Å². The first kappa shape index (κ1) is 28.3. The summed E-state index contributed by atoms with van der Waals surface area (Å²) in [5, 5.41) is 10.8. The first-order valence-electron chi connectivity index (χ1n) is 13.3. The first-order valence-corrected chi connectivity index (χ1v) is 13.6. The molecule has 2 amide bonds. The first-order chi connectivity index (χ1) is 18.2. The number of carbonyl (C=O) groups excluding carboxylic acids is 3. The van der Waals surface area contributed by atoms with E-state index in [4.69, 9.17) is 21.1 Å². The number of aliphatic hydroxyl groups is 1. The van der Waals surface area contributed by atoms with Gasteiger partial charge in [0, 0.05) is 6.54 Å². The minimum atomic E-state index is -1.20. The van der Waals surface area contributed by atoms with E-state index in [1.54, 1.807) is 36.4 Å². The molecule has 1 spiro atoms. The second-order valence-corrected chi connectivity index (χ2v) is 11.1. The summed E-state index contributed by atoms with van der Waals surface area (Å²) in [5.41, 5.74) is -0.713. The number of nitrogens with zero attached hydrogens (tertiary/aromatic N) is 2. The normalized spacial score (nSPS) is 28.3. The maximum Gasteiger partial charge on any atom is 0.312 e. The predicted molar refractivity (Wildman–Crippen MR) is 145 cm³/mol. The van der Waals surface area contributed by atoms with Gasteiger partial charge in [0.05, 0.1) is 47.9 Å². The topological polar surface area (TPSA) is 96.4 Å². The minimum absolute atomic E-state index is 0.151. The minimum Gasteiger partial charge on any atom is -0.465 e. The SMILES string of the molecule is C=CCCOC(=O)[C@@H]1[C@@H]2CCC3(O2)C(C(=O)N(CC=C)c2ccccc2Cl)N([C@@H](CO)CC(C)C)C(=O)[C@H]13. The lowest BCUT2D eigenvalue weighted by atomic mass is 9.70.